The van der Waals surface area contributed by atoms with Crippen molar-refractivity contribution in [3.05, 3.63) is 94.6 Å². The van der Waals surface area contributed by atoms with Crippen molar-refractivity contribution in [2.75, 3.05) is 0 Å². The molecule has 2 aromatic heterocycles. The van der Waals surface area contributed by atoms with E-state index in [9.17, 15) is 4.79 Å². The van der Waals surface area contributed by atoms with Crippen LogP contribution in [0.5, 0.6) is 0 Å². The molecular formula is C23H18BrN3O. The van der Waals surface area contributed by atoms with Gasteiger partial charge in [-0.25, -0.2) is 9.97 Å². The first-order valence-electron chi connectivity index (χ1n) is 8.99. The summed E-state index contributed by atoms with van der Waals surface area (Å²) < 4.78 is 1.01. The van der Waals surface area contributed by atoms with Gasteiger partial charge in [-0.1, -0.05) is 58.4 Å². The molecule has 0 bridgehead atoms. The second-order valence-electron chi connectivity index (χ2n) is 6.54. The van der Waals surface area contributed by atoms with Gasteiger partial charge in [0.05, 0.1) is 17.3 Å². The molecule has 1 unspecified atom stereocenters. The standard InChI is InChI=1S/C23H18BrN3O/c1-15(16-9-11-18(24)12-10-16)26-23(28)20-14-21(17-6-3-2-4-7-17)27-22-19(20)8-5-13-25-22/h2-15H,1H3,(H,26,28). The minimum Gasteiger partial charge on any atom is -0.345 e. The first-order chi connectivity index (χ1) is 13.6. The number of amides is 1. The van der Waals surface area contributed by atoms with E-state index in [4.69, 9.17) is 0 Å². The second kappa shape index (κ2) is 7.90. The summed E-state index contributed by atoms with van der Waals surface area (Å²) in [6.45, 7) is 1.97. The molecule has 0 saturated heterocycles. The summed E-state index contributed by atoms with van der Waals surface area (Å²) in [7, 11) is 0. The number of fused-ring (bicyclic) bond motifs is 1. The molecule has 0 fully saturated rings. The molecule has 0 saturated carbocycles. The highest BCUT2D eigenvalue weighted by Gasteiger charge is 2.17. The van der Waals surface area contributed by atoms with Crippen LogP contribution in [0.25, 0.3) is 22.3 Å². The van der Waals surface area contributed by atoms with Crippen LogP contribution in [0.4, 0.5) is 0 Å². The van der Waals surface area contributed by atoms with Gasteiger partial charge in [0.2, 0.25) is 0 Å². The number of hydrogen-bond acceptors (Lipinski definition) is 3. The lowest BCUT2D eigenvalue weighted by molar-refractivity contribution is 0.0941. The SMILES string of the molecule is CC(NC(=O)c1cc(-c2ccccc2)nc2ncccc12)c1ccc(Br)cc1. The molecule has 2 heterocycles. The monoisotopic (exact) mass is 431 g/mol. The fourth-order valence-electron chi connectivity index (χ4n) is 3.11. The number of halogens is 1. The Labute approximate surface area is 171 Å². The number of benzene rings is 2. The van der Waals surface area contributed by atoms with Crippen molar-refractivity contribution in [3.63, 3.8) is 0 Å². The lowest BCUT2D eigenvalue weighted by Gasteiger charge is -2.16. The molecule has 4 nitrogen and oxygen atoms in total. The molecule has 0 spiro atoms. The van der Waals surface area contributed by atoms with Crippen molar-refractivity contribution in [1.82, 2.24) is 15.3 Å². The number of rotatable bonds is 4. The Balaban J connectivity index is 1.72. The first-order valence-corrected chi connectivity index (χ1v) is 9.78. The van der Waals surface area contributed by atoms with Crippen LogP contribution in [0.1, 0.15) is 28.9 Å². The quantitative estimate of drug-likeness (QED) is 0.460. The maximum absolute atomic E-state index is 13.1. The second-order valence-corrected chi connectivity index (χ2v) is 7.46. The normalized spacial score (nSPS) is 11.9. The van der Waals surface area contributed by atoms with E-state index in [1.54, 1.807) is 6.20 Å². The van der Waals surface area contributed by atoms with E-state index in [1.807, 2.05) is 79.7 Å². The minimum atomic E-state index is -0.145. The number of pyridine rings is 2. The lowest BCUT2D eigenvalue weighted by atomic mass is 10.0. The van der Waals surface area contributed by atoms with Gasteiger partial charge in [-0.05, 0) is 42.8 Å². The van der Waals surface area contributed by atoms with Crippen molar-refractivity contribution >= 4 is 32.9 Å². The van der Waals surface area contributed by atoms with Gasteiger partial charge in [0.1, 0.15) is 0 Å². The van der Waals surface area contributed by atoms with Gasteiger partial charge in [0, 0.05) is 21.6 Å². The Bertz CT molecular complexity index is 1130. The summed E-state index contributed by atoms with van der Waals surface area (Å²) in [4.78, 5) is 22.1. The van der Waals surface area contributed by atoms with E-state index in [-0.39, 0.29) is 11.9 Å². The van der Waals surface area contributed by atoms with E-state index < -0.39 is 0 Å². The van der Waals surface area contributed by atoms with Crippen LogP contribution in [-0.2, 0) is 0 Å². The third kappa shape index (κ3) is 3.80. The number of carbonyl (C=O) groups is 1. The smallest absolute Gasteiger partial charge is 0.252 e. The van der Waals surface area contributed by atoms with Crippen LogP contribution in [0, 0.1) is 0 Å². The molecule has 4 rings (SSSR count). The maximum atomic E-state index is 13.1. The summed E-state index contributed by atoms with van der Waals surface area (Å²) in [5, 5.41) is 3.83. The Morgan fingerprint density at radius 3 is 2.50 bits per heavy atom. The van der Waals surface area contributed by atoms with Crippen LogP contribution in [0.3, 0.4) is 0 Å². The molecule has 0 radical (unpaired) electrons. The van der Waals surface area contributed by atoms with Crippen molar-refractivity contribution < 1.29 is 4.79 Å². The summed E-state index contributed by atoms with van der Waals surface area (Å²) in [6.07, 6.45) is 1.69. The zero-order valence-electron chi connectivity index (χ0n) is 15.3. The van der Waals surface area contributed by atoms with E-state index in [2.05, 4.69) is 31.2 Å². The van der Waals surface area contributed by atoms with Gasteiger partial charge in [0.25, 0.3) is 5.91 Å². The highest BCUT2D eigenvalue weighted by molar-refractivity contribution is 9.10. The molecule has 138 valence electrons. The van der Waals surface area contributed by atoms with Crippen molar-refractivity contribution in [3.8, 4) is 11.3 Å². The lowest BCUT2D eigenvalue weighted by Crippen LogP contribution is -2.27. The fourth-order valence-corrected chi connectivity index (χ4v) is 3.38. The van der Waals surface area contributed by atoms with E-state index >= 15 is 0 Å². The Morgan fingerprint density at radius 2 is 1.75 bits per heavy atom. The summed E-state index contributed by atoms with van der Waals surface area (Å²) in [6, 6.07) is 23.2. The van der Waals surface area contributed by atoms with Crippen LogP contribution in [0.2, 0.25) is 0 Å². The number of hydrogen-bond donors (Lipinski definition) is 1. The van der Waals surface area contributed by atoms with Crippen LogP contribution in [0.15, 0.2) is 83.5 Å². The minimum absolute atomic E-state index is 0.124. The number of nitrogens with zero attached hydrogens (tertiary/aromatic N) is 2. The Kier molecular flexibility index (Phi) is 5.17. The third-order valence-electron chi connectivity index (χ3n) is 4.62. The van der Waals surface area contributed by atoms with E-state index in [0.717, 1.165) is 26.7 Å². The summed E-state index contributed by atoms with van der Waals surface area (Å²) >= 11 is 3.44. The largest absolute Gasteiger partial charge is 0.345 e. The van der Waals surface area contributed by atoms with Crippen molar-refractivity contribution in [2.45, 2.75) is 13.0 Å². The molecule has 1 N–H and O–H groups in total. The molecule has 28 heavy (non-hydrogen) atoms. The predicted octanol–water partition coefficient (Wildman–Crippen LogP) is 5.55. The summed E-state index contributed by atoms with van der Waals surface area (Å²) in [5.74, 6) is -0.145. The van der Waals surface area contributed by atoms with Gasteiger partial charge in [0.15, 0.2) is 5.65 Å². The number of nitrogens with one attached hydrogen (secondary N) is 1. The van der Waals surface area contributed by atoms with Gasteiger partial charge < -0.3 is 5.32 Å². The molecule has 0 aliphatic rings. The van der Waals surface area contributed by atoms with Crippen LogP contribution >= 0.6 is 15.9 Å². The molecule has 0 aliphatic carbocycles. The zero-order valence-corrected chi connectivity index (χ0v) is 16.8. The van der Waals surface area contributed by atoms with Crippen molar-refractivity contribution in [1.29, 1.82) is 0 Å². The average molecular weight is 432 g/mol. The van der Waals surface area contributed by atoms with Crippen LogP contribution in [-0.4, -0.2) is 15.9 Å². The van der Waals surface area contributed by atoms with Gasteiger partial charge in [-0.2, -0.15) is 0 Å². The van der Waals surface area contributed by atoms with Gasteiger partial charge in [-0.15, -0.1) is 0 Å². The van der Waals surface area contributed by atoms with Gasteiger partial charge >= 0.3 is 0 Å². The van der Waals surface area contributed by atoms with Gasteiger partial charge in [-0.3, -0.25) is 4.79 Å². The zero-order chi connectivity index (χ0) is 19.5. The molecule has 2 aromatic carbocycles. The molecule has 0 aliphatic heterocycles. The summed E-state index contributed by atoms with van der Waals surface area (Å²) in [5.41, 5.74) is 3.85. The molecule has 5 heteroatoms. The van der Waals surface area contributed by atoms with Crippen LogP contribution < -0.4 is 5.32 Å². The van der Waals surface area contributed by atoms with E-state index in [0.29, 0.717) is 11.2 Å². The molecule has 4 aromatic rings. The first kappa shape index (κ1) is 18.3. The third-order valence-corrected chi connectivity index (χ3v) is 5.14. The Hall–Kier alpha value is -3.05. The number of carbonyl (C=O) groups excluding carboxylic acids is 1. The van der Waals surface area contributed by atoms with E-state index in [1.165, 1.54) is 0 Å². The molecular weight excluding hydrogens is 414 g/mol. The maximum Gasteiger partial charge on any atom is 0.252 e. The topological polar surface area (TPSA) is 54.9 Å². The fraction of sp³-hybridized carbons (Fsp3) is 0.0870. The molecule has 1 amide bonds. The predicted molar refractivity (Wildman–Crippen MR) is 115 cm³/mol. The van der Waals surface area contributed by atoms with Crippen molar-refractivity contribution in [2.24, 2.45) is 0 Å². The highest BCUT2D eigenvalue weighted by atomic mass is 79.9. The molecule has 1 atom stereocenters. The highest BCUT2D eigenvalue weighted by Crippen LogP contribution is 2.24. The average Bonchev–Trinajstić information content (AvgIpc) is 2.74. The number of aromatic nitrogens is 2. The Morgan fingerprint density at radius 1 is 1.00 bits per heavy atom.